The molecule has 6 N–H and O–H groups in total. The molecule has 0 aromatic heterocycles. The largest absolute Gasteiger partial charge is 0.507 e. The van der Waals surface area contributed by atoms with Crippen molar-refractivity contribution in [2.75, 3.05) is 6.54 Å². The molecule has 0 spiro atoms. The van der Waals surface area contributed by atoms with Gasteiger partial charge < -0.3 is 31.1 Å². The van der Waals surface area contributed by atoms with Gasteiger partial charge in [-0.15, -0.1) is 0 Å². The van der Waals surface area contributed by atoms with Crippen LogP contribution in [-0.4, -0.2) is 68.0 Å². The third kappa shape index (κ3) is 4.47. The molecule has 12 heteroatoms. The molecular formula is C30H34N2O9S. The van der Waals surface area contributed by atoms with E-state index in [-0.39, 0.29) is 29.7 Å². The van der Waals surface area contributed by atoms with Crippen molar-refractivity contribution in [2.45, 2.75) is 74.7 Å². The highest BCUT2D eigenvalue weighted by Gasteiger charge is 2.69. The average molecular weight is 599 g/mol. The van der Waals surface area contributed by atoms with Gasteiger partial charge in [0, 0.05) is 23.0 Å². The van der Waals surface area contributed by atoms with Crippen LogP contribution in [-0.2, 0) is 29.7 Å². The number of hydrogen-bond donors (Lipinski definition) is 5. The number of nitrogens with one attached hydrogen (secondary N) is 1. The van der Waals surface area contributed by atoms with Crippen molar-refractivity contribution in [3.05, 3.63) is 34.9 Å². The number of carbonyl (C=O) groups is 5. The van der Waals surface area contributed by atoms with Gasteiger partial charge in [0.2, 0.25) is 11.7 Å². The number of carbonyl (C=O) groups excluding carboxylic acids is 5. The molecule has 2 aromatic carbocycles. The first-order valence-corrected chi connectivity index (χ1v) is 15.2. The standard InChI is InChI=1S/C30H34N2O9S/c1-3-17(34)41-26-19-15(12-42-13-8-5-6-9-13)14-10-7-11-16(33)18(14)24(35)20(19)27(37)30(40)22(26)23(32-4-2)25(36)21(28(30)38)29(31)39/h7,10-11,13,21-23,26,32-33,35,40H,3-6,8-9,12H2,1-2H3,(H2,31,39)/t21?,22?,23-,26-,30-/m0/s1. The molecule has 0 radical (unpaired) electrons. The number of amides is 1. The van der Waals surface area contributed by atoms with Crippen LogP contribution in [0.4, 0.5) is 0 Å². The maximum atomic E-state index is 14.3. The fourth-order valence-corrected chi connectivity index (χ4v) is 8.14. The zero-order chi connectivity index (χ0) is 30.5. The van der Waals surface area contributed by atoms with Crippen LogP contribution in [0.5, 0.6) is 11.5 Å². The van der Waals surface area contributed by atoms with Crippen LogP contribution in [0.25, 0.3) is 10.8 Å². The Labute approximate surface area is 246 Å². The lowest BCUT2D eigenvalue weighted by Gasteiger charge is -2.50. The molecule has 2 saturated carbocycles. The number of primary amides is 1. The number of Topliss-reactive ketones (excluding diaryl/α,β-unsaturated/α-hetero) is 3. The van der Waals surface area contributed by atoms with E-state index in [1.807, 2.05) is 0 Å². The van der Waals surface area contributed by atoms with E-state index in [4.69, 9.17) is 10.5 Å². The van der Waals surface area contributed by atoms with Gasteiger partial charge in [-0.1, -0.05) is 38.8 Å². The maximum absolute atomic E-state index is 14.3. The average Bonchev–Trinajstić information content (AvgIpc) is 3.47. The fourth-order valence-electron chi connectivity index (χ4n) is 6.76. The van der Waals surface area contributed by atoms with Crippen LogP contribution in [0, 0.1) is 11.8 Å². The number of phenolic OH excluding ortho intramolecular Hbond substituents is 2. The second kappa shape index (κ2) is 11.3. The summed E-state index contributed by atoms with van der Waals surface area (Å²) < 4.78 is 5.87. The van der Waals surface area contributed by atoms with Crippen molar-refractivity contribution in [1.29, 1.82) is 0 Å². The van der Waals surface area contributed by atoms with Gasteiger partial charge in [0.25, 0.3) is 0 Å². The zero-order valence-electron chi connectivity index (χ0n) is 23.3. The van der Waals surface area contributed by atoms with Gasteiger partial charge in [0.1, 0.15) is 17.6 Å². The molecule has 5 atom stereocenters. The van der Waals surface area contributed by atoms with Gasteiger partial charge in [-0.25, -0.2) is 0 Å². The number of ketones is 3. The number of benzene rings is 2. The number of rotatable bonds is 8. The summed E-state index contributed by atoms with van der Waals surface area (Å²) in [6.07, 6.45) is 2.49. The summed E-state index contributed by atoms with van der Waals surface area (Å²) in [5.74, 6) is -10.3. The molecule has 0 saturated heterocycles. The Morgan fingerprint density at radius 2 is 1.83 bits per heavy atom. The third-order valence-electron chi connectivity index (χ3n) is 8.71. The molecule has 2 fully saturated rings. The number of esters is 1. The van der Waals surface area contributed by atoms with Gasteiger partial charge in [0.15, 0.2) is 23.1 Å². The van der Waals surface area contributed by atoms with E-state index in [1.165, 1.54) is 13.0 Å². The van der Waals surface area contributed by atoms with Gasteiger partial charge in [-0.2, -0.15) is 11.8 Å². The lowest BCUT2D eigenvalue weighted by molar-refractivity contribution is -0.176. The summed E-state index contributed by atoms with van der Waals surface area (Å²) in [5, 5.41) is 37.9. The smallest absolute Gasteiger partial charge is 0.306 e. The van der Waals surface area contributed by atoms with Crippen LogP contribution in [0.2, 0.25) is 0 Å². The number of ether oxygens (including phenoxy) is 1. The predicted octanol–water partition coefficient (Wildman–Crippen LogP) is 2.20. The summed E-state index contributed by atoms with van der Waals surface area (Å²) in [7, 11) is 0. The van der Waals surface area contributed by atoms with E-state index >= 15 is 0 Å². The Kier molecular flexibility index (Phi) is 8.08. The summed E-state index contributed by atoms with van der Waals surface area (Å²) in [6, 6.07) is 3.09. The lowest BCUT2D eigenvalue weighted by atomic mass is 9.57. The highest BCUT2D eigenvalue weighted by Crippen LogP contribution is 2.55. The van der Waals surface area contributed by atoms with E-state index < -0.39 is 70.1 Å². The number of thioether (sulfide) groups is 1. The molecular weight excluding hydrogens is 564 g/mol. The highest BCUT2D eigenvalue weighted by atomic mass is 32.2. The van der Waals surface area contributed by atoms with Crippen LogP contribution in [0.1, 0.15) is 73.5 Å². The first-order chi connectivity index (χ1) is 20.0. The summed E-state index contributed by atoms with van der Waals surface area (Å²) in [4.78, 5) is 66.8. The van der Waals surface area contributed by atoms with Crippen molar-refractivity contribution in [3.63, 3.8) is 0 Å². The normalized spacial score (nSPS) is 27.6. The number of nitrogens with two attached hydrogens (primary N) is 1. The number of likely N-dealkylation sites (N-methyl/N-ethyl adjacent to an activating group) is 1. The second-order valence-corrected chi connectivity index (χ2v) is 12.3. The van der Waals surface area contributed by atoms with E-state index in [1.54, 1.807) is 30.8 Å². The number of phenols is 2. The molecule has 2 unspecified atom stereocenters. The lowest BCUT2D eigenvalue weighted by Crippen LogP contribution is -2.73. The molecule has 42 heavy (non-hydrogen) atoms. The second-order valence-electron chi connectivity index (χ2n) is 11.1. The van der Waals surface area contributed by atoms with E-state index in [2.05, 4.69) is 5.32 Å². The van der Waals surface area contributed by atoms with Crippen molar-refractivity contribution in [3.8, 4) is 11.5 Å². The SMILES string of the molecule is CCN[C@@H]1C(=O)C(C(N)=O)C(=O)[C@@]2(O)C(=O)c3c(c(CSC4CCCC4)c4cccc(O)c4c3O)[C@H](OC(=O)CC)C12. The third-order valence-corrected chi connectivity index (χ3v) is 10.1. The first-order valence-electron chi connectivity index (χ1n) is 14.2. The van der Waals surface area contributed by atoms with Crippen LogP contribution < -0.4 is 11.1 Å². The van der Waals surface area contributed by atoms with E-state index in [0.717, 1.165) is 25.7 Å². The minimum atomic E-state index is -3.06. The van der Waals surface area contributed by atoms with Crippen molar-refractivity contribution < 1.29 is 44.0 Å². The van der Waals surface area contributed by atoms with Gasteiger partial charge >= 0.3 is 5.97 Å². The van der Waals surface area contributed by atoms with Crippen LogP contribution in [0.15, 0.2) is 18.2 Å². The first kappa shape index (κ1) is 30.0. The fraction of sp³-hybridized carbons (Fsp3) is 0.500. The molecule has 3 aliphatic carbocycles. The molecule has 1 amide bonds. The molecule has 0 heterocycles. The van der Waals surface area contributed by atoms with E-state index in [9.17, 15) is 39.3 Å². The summed E-state index contributed by atoms with van der Waals surface area (Å²) >= 11 is 1.62. The maximum Gasteiger partial charge on any atom is 0.306 e. The molecule has 3 aliphatic rings. The van der Waals surface area contributed by atoms with Gasteiger partial charge in [0.05, 0.1) is 22.9 Å². The number of fused-ring (bicyclic) bond motifs is 3. The van der Waals surface area contributed by atoms with Crippen molar-refractivity contribution in [2.24, 2.45) is 17.6 Å². The molecule has 2 aromatic rings. The minimum absolute atomic E-state index is 0.0664. The van der Waals surface area contributed by atoms with Gasteiger partial charge in [-0.3, -0.25) is 24.0 Å². The van der Waals surface area contributed by atoms with Crippen molar-refractivity contribution >= 4 is 51.8 Å². The number of aromatic hydroxyl groups is 2. The number of aliphatic hydroxyl groups is 1. The van der Waals surface area contributed by atoms with Gasteiger partial charge in [-0.05, 0) is 36.4 Å². The summed E-state index contributed by atoms with van der Waals surface area (Å²) in [5.41, 5.74) is 2.39. The van der Waals surface area contributed by atoms with Crippen LogP contribution >= 0.6 is 11.8 Å². The highest BCUT2D eigenvalue weighted by molar-refractivity contribution is 7.99. The topological polar surface area (TPSA) is 193 Å². The Morgan fingerprint density at radius 3 is 2.45 bits per heavy atom. The monoisotopic (exact) mass is 598 g/mol. The molecule has 11 nitrogen and oxygen atoms in total. The summed E-state index contributed by atoms with van der Waals surface area (Å²) in [6.45, 7) is 3.33. The van der Waals surface area contributed by atoms with Crippen molar-refractivity contribution in [1.82, 2.24) is 5.32 Å². The Balaban J connectivity index is 1.86. The van der Waals surface area contributed by atoms with E-state index in [0.29, 0.717) is 22.0 Å². The predicted molar refractivity (Wildman–Crippen MR) is 153 cm³/mol. The molecule has 224 valence electrons. The number of hydrogen-bond acceptors (Lipinski definition) is 11. The molecule has 5 rings (SSSR count). The van der Waals surface area contributed by atoms with Crippen LogP contribution in [0.3, 0.4) is 0 Å². The quantitative estimate of drug-likeness (QED) is 0.221. The zero-order valence-corrected chi connectivity index (χ0v) is 24.2. The Hall–Kier alpha value is -3.48. The Bertz CT molecular complexity index is 1500. The molecule has 0 aliphatic heterocycles. The molecule has 0 bridgehead atoms. The minimum Gasteiger partial charge on any atom is -0.507 e. The Morgan fingerprint density at radius 1 is 1.14 bits per heavy atom.